The topological polar surface area (TPSA) is 88.8 Å². The summed E-state index contributed by atoms with van der Waals surface area (Å²) in [4.78, 5) is 13.4. The Morgan fingerprint density at radius 3 is 2.68 bits per heavy atom. The van der Waals surface area contributed by atoms with Crippen LogP contribution in [0.1, 0.15) is 12.2 Å². The Balaban J connectivity index is 1.01. The number of benzene rings is 1. The van der Waals surface area contributed by atoms with Gasteiger partial charge in [-0.3, -0.25) is 4.90 Å². The van der Waals surface area contributed by atoms with E-state index in [9.17, 15) is 0 Å². The van der Waals surface area contributed by atoms with E-state index in [4.69, 9.17) is 14.0 Å². The predicted molar refractivity (Wildman–Crippen MR) is 115 cm³/mol. The first-order chi connectivity index (χ1) is 15.3. The first kappa shape index (κ1) is 19.8. The molecule has 0 unspecified atom stereocenters. The summed E-state index contributed by atoms with van der Waals surface area (Å²) in [5.74, 6) is 3.17. The van der Waals surface area contributed by atoms with E-state index in [0.717, 1.165) is 80.2 Å². The summed E-state index contributed by atoms with van der Waals surface area (Å²) >= 11 is 0. The maximum absolute atomic E-state index is 5.48. The van der Waals surface area contributed by atoms with Crippen LogP contribution in [0.4, 0.5) is 5.95 Å². The van der Waals surface area contributed by atoms with Gasteiger partial charge in [-0.25, -0.2) is 9.97 Å². The van der Waals surface area contributed by atoms with E-state index in [-0.39, 0.29) is 6.79 Å². The molecule has 1 N–H and O–H groups in total. The zero-order valence-corrected chi connectivity index (χ0v) is 17.4. The average molecular weight is 422 g/mol. The normalized spacial score (nSPS) is 16.1. The van der Waals surface area contributed by atoms with Crippen molar-refractivity contribution < 1.29 is 14.0 Å². The van der Waals surface area contributed by atoms with Gasteiger partial charge in [-0.1, -0.05) is 5.16 Å². The van der Waals surface area contributed by atoms with E-state index in [2.05, 4.69) is 30.2 Å². The van der Waals surface area contributed by atoms with Gasteiger partial charge in [-0.15, -0.1) is 0 Å². The van der Waals surface area contributed by atoms with Crippen LogP contribution in [0.25, 0.3) is 11.3 Å². The number of nitrogens with zero attached hydrogens (tertiary/aromatic N) is 5. The monoisotopic (exact) mass is 422 g/mol. The molecule has 2 aliphatic heterocycles. The Morgan fingerprint density at radius 2 is 1.81 bits per heavy atom. The molecule has 0 bridgehead atoms. The van der Waals surface area contributed by atoms with Crippen LogP contribution in [-0.2, 0) is 6.54 Å². The third-order valence-electron chi connectivity index (χ3n) is 5.56. The first-order valence-corrected chi connectivity index (χ1v) is 10.7. The number of hydrogen-bond donors (Lipinski definition) is 1. The van der Waals surface area contributed by atoms with E-state index in [1.807, 2.05) is 30.3 Å². The number of fused-ring (bicyclic) bond motifs is 1. The van der Waals surface area contributed by atoms with Gasteiger partial charge in [0.25, 0.3) is 0 Å². The van der Waals surface area contributed by atoms with Crippen LogP contribution < -0.4 is 19.7 Å². The Bertz CT molecular complexity index is 988. The molecular formula is C22H26N6O3. The quantitative estimate of drug-likeness (QED) is 0.549. The van der Waals surface area contributed by atoms with Crippen LogP contribution in [0, 0.1) is 0 Å². The minimum absolute atomic E-state index is 0.268. The molecule has 162 valence electrons. The lowest BCUT2D eigenvalue weighted by Crippen LogP contribution is -2.47. The van der Waals surface area contributed by atoms with Gasteiger partial charge < -0.3 is 24.2 Å². The summed E-state index contributed by atoms with van der Waals surface area (Å²) in [7, 11) is 0. The van der Waals surface area contributed by atoms with Crippen LogP contribution >= 0.6 is 0 Å². The molecular weight excluding hydrogens is 396 g/mol. The molecule has 31 heavy (non-hydrogen) atoms. The highest BCUT2D eigenvalue weighted by atomic mass is 16.7. The molecule has 0 spiro atoms. The van der Waals surface area contributed by atoms with Crippen LogP contribution in [0.5, 0.6) is 11.5 Å². The zero-order chi connectivity index (χ0) is 20.9. The van der Waals surface area contributed by atoms with Gasteiger partial charge in [0.05, 0.1) is 6.54 Å². The van der Waals surface area contributed by atoms with Crippen molar-refractivity contribution in [2.75, 3.05) is 51.0 Å². The molecule has 0 saturated carbocycles. The summed E-state index contributed by atoms with van der Waals surface area (Å²) in [6, 6.07) is 9.61. The van der Waals surface area contributed by atoms with Crippen molar-refractivity contribution >= 4 is 5.95 Å². The summed E-state index contributed by atoms with van der Waals surface area (Å²) in [5, 5.41) is 7.63. The number of rotatable bonds is 8. The molecule has 9 heteroatoms. The van der Waals surface area contributed by atoms with E-state index in [1.54, 1.807) is 12.4 Å². The van der Waals surface area contributed by atoms with Crippen molar-refractivity contribution in [2.24, 2.45) is 0 Å². The van der Waals surface area contributed by atoms with Crippen molar-refractivity contribution in [3.63, 3.8) is 0 Å². The summed E-state index contributed by atoms with van der Waals surface area (Å²) in [5.41, 5.74) is 1.76. The van der Waals surface area contributed by atoms with Gasteiger partial charge in [-0.2, -0.15) is 0 Å². The second kappa shape index (κ2) is 9.32. The van der Waals surface area contributed by atoms with Crippen molar-refractivity contribution in [1.82, 2.24) is 25.3 Å². The van der Waals surface area contributed by atoms with Crippen LogP contribution in [0.15, 0.2) is 47.2 Å². The van der Waals surface area contributed by atoms with Crippen LogP contribution in [0.3, 0.4) is 0 Å². The second-order valence-electron chi connectivity index (χ2n) is 7.65. The minimum atomic E-state index is 0.268. The van der Waals surface area contributed by atoms with Gasteiger partial charge >= 0.3 is 0 Å². The standard InChI is InChI=1S/C22H26N6O3/c1-6-24-22(25-7-1)28-11-9-27(10-12-28)8-2-5-23-15-18-14-19(26-31-18)17-3-4-20-21(13-17)30-16-29-20/h1,3-4,6-7,13-14,23H,2,5,8-12,15-16H2. The number of hydrogen-bond acceptors (Lipinski definition) is 9. The third kappa shape index (κ3) is 4.78. The second-order valence-corrected chi connectivity index (χ2v) is 7.65. The fraction of sp³-hybridized carbons (Fsp3) is 0.409. The Labute approximate surface area is 181 Å². The van der Waals surface area contributed by atoms with Crippen molar-refractivity contribution in [3.05, 3.63) is 48.5 Å². The molecule has 1 saturated heterocycles. The van der Waals surface area contributed by atoms with E-state index < -0.39 is 0 Å². The number of piperazine rings is 1. The minimum Gasteiger partial charge on any atom is -0.454 e. The van der Waals surface area contributed by atoms with E-state index in [0.29, 0.717) is 6.54 Å². The number of ether oxygens (including phenoxy) is 2. The Hall–Kier alpha value is -3.17. The highest BCUT2D eigenvalue weighted by Crippen LogP contribution is 2.35. The molecule has 0 atom stereocenters. The maximum atomic E-state index is 5.48. The van der Waals surface area contributed by atoms with Crippen LogP contribution in [0.2, 0.25) is 0 Å². The van der Waals surface area contributed by atoms with E-state index >= 15 is 0 Å². The van der Waals surface area contributed by atoms with Gasteiger partial charge in [0.15, 0.2) is 17.3 Å². The molecule has 0 amide bonds. The summed E-state index contributed by atoms with van der Waals surface area (Å²) in [6.07, 6.45) is 4.69. The molecule has 3 aromatic rings. The van der Waals surface area contributed by atoms with Crippen molar-refractivity contribution in [2.45, 2.75) is 13.0 Å². The molecule has 0 radical (unpaired) electrons. The number of nitrogens with one attached hydrogen (secondary N) is 1. The Morgan fingerprint density at radius 1 is 0.968 bits per heavy atom. The predicted octanol–water partition coefficient (Wildman–Crippen LogP) is 2.16. The van der Waals surface area contributed by atoms with Gasteiger partial charge in [0.2, 0.25) is 12.7 Å². The average Bonchev–Trinajstić information content (AvgIpc) is 3.49. The number of aromatic nitrogens is 3. The first-order valence-electron chi connectivity index (χ1n) is 10.7. The van der Waals surface area contributed by atoms with Gasteiger partial charge in [0.1, 0.15) is 5.69 Å². The molecule has 5 rings (SSSR count). The highest BCUT2D eigenvalue weighted by Gasteiger charge is 2.18. The van der Waals surface area contributed by atoms with Gasteiger partial charge in [0, 0.05) is 50.2 Å². The number of anilines is 1. The lowest BCUT2D eigenvalue weighted by Gasteiger charge is -2.34. The van der Waals surface area contributed by atoms with Gasteiger partial charge in [-0.05, 0) is 43.8 Å². The third-order valence-corrected chi connectivity index (χ3v) is 5.56. The maximum Gasteiger partial charge on any atom is 0.231 e. The SMILES string of the molecule is c1cnc(N2CCN(CCCNCc3cc(-c4ccc5c(c4)OCO5)no3)CC2)nc1. The van der Waals surface area contributed by atoms with E-state index in [1.165, 1.54) is 0 Å². The zero-order valence-electron chi connectivity index (χ0n) is 17.4. The largest absolute Gasteiger partial charge is 0.454 e. The molecule has 4 heterocycles. The lowest BCUT2D eigenvalue weighted by atomic mass is 10.1. The highest BCUT2D eigenvalue weighted by molar-refractivity contribution is 5.64. The smallest absolute Gasteiger partial charge is 0.231 e. The van der Waals surface area contributed by atoms with Crippen molar-refractivity contribution in [3.8, 4) is 22.8 Å². The van der Waals surface area contributed by atoms with Crippen molar-refractivity contribution in [1.29, 1.82) is 0 Å². The molecule has 2 aliphatic rings. The molecule has 1 aromatic carbocycles. The molecule has 9 nitrogen and oxygen atoms in total. The summed E-state index contributed by atoms with van der Waals surface area (Å²) < 4.78 is 16.3. The van der Waals surface area contributed by atoms with Crippen LogP contribution in [-0.4, -0.2) is 66.1 Å². The molecule has 1 fully saturated rings. The summed E-state index contributed by atoms with van der Waals surface area (Å²) in [6.45, 7) is 6.97. The molecule has 0 aliphatic carbocycles. The fourth-order valence-corrected chi connectivity index (χ4v) is 3.85. The lowest BCUT2D eigenvalue weighted by molar-refractivity contribution is 0.174. The fourth-order valence-electron chi connectivity index (χ4n) is 3.85. The Kier molecular flexibility index (Phi) is 5.94. The molecule has 2 aromatic heterocycles.